The van der Waals surface area contributed by atoms with E-state index >= 15 is 0 Å². The molecule has 0 saturated carbocycles. The van der Waals surface area contributed by atoms with E-state index in [1.54, 1.807) is 48.0 Å². The molecule has 6 rings (SSSR count). The first-order valence-electron chi connectivity index (χ1n) is 12.1. The number of hydrogen-bond acceptors (Lipinski definition) is 6. The summed E-state index contributed by atoms with van der Waals surface area (Å²) in [6, 6.07) is 20.0. The minimum Gasteiger partial charge on any atom is -0.365 e. The molecule has 0 spiro atoms. The Morgan fingerprint density at radius 2 is 1.84 bits per heavy atom. The lowest BCUT2D eigenvalue weighted by atomic mass is 10.1. The van der Waals surface area contributed by atoms with Crippen molar-refractivity contribution in [2.75, 3.05) is 5.32 Å². The molecule has 7 nitrogen and oxygen atoms in total. The smallest absolute Gasteiger partial charge is 0.255 e. The molecule has 188 valence electrons. The third-order valence-electron chi connectivity index (χ3n) is 6.34. The van der Waals surface area contributed by atoms with Gasteiger partial charge in [0.2, 0.25) is 0 Å². The van der Waals surface area contributed by atoms with Crippen molar-refractivity contribution in [2.24, 2.45) is 7.05 Å². The number of anilines is 1. The summed E-state index contributed by atoms with van der Waals surface area (Å²) in [5.74, 6) is -0.0450. The third-order valence-corrected chi connectivity index (χ3v) is 7.47. The molecule has 0 radical (unpaired) electrons. The number of thiophene rings is 1. The summed E-state index contributed by atoms with van der Waals surface area (Å²) in [4.78, 5) is 28.4. The van der Waals surface area contributed by atoms with Crippen LogP contribution in [0.15, 0.2) is 85.5 Å². The quantitative estimate of drug-likeness (QED) is 0.272. The molecule has 0 fully saturated rings. The van der Waals surface area contributed by atoms with Crippen LogP contribution in [0, 0.1) is 5.82 Å². The first kappa shape index (κ1) is 23.7. The minimum atomic E-state index is -0.307. The Morgan fingerprint density at radius 3 is 2.71 bits per heavy atom. The van der Waals surface area contributed by atoms with E-state index in [2.05, 4.69) is 49.9 Å². The second-order valence-corrected chi connectivity index (χ2v) is 10.1. The van der Waals surface area contributed by atoms with Gasteiger partial charge >= 0.3 is 0 Å². The molecule has 0 atom stereocenters. The Balaban J connectivity index is 1.17. The molecule has 0 aliphatic rings. The summed E-state index contributed by atoms with van der Waals surface area (Å²) in [7, 11) is 1.99. The van der Waals surface area contributed by atoms with Gasteiger partial charge < -0.3 is 15.2 Å². The predicted octanol–water partition coefficient (Wildman–Crippen LogP) is 5.93. The maximum atomic E-state index is 13.1. The normalized spacial score (nSPS) is 11.2. The van der Waals surface area contributed by atoms with Crippen LogP contribution in [0.2, 0.25) is 0 Å². The number of pyridine rings is 2. The Kier molecular flexibility index (Phi) is 6.27. The summed E-state index contributed by atoms with van der Waals surface area (Å²) in [6.07, 6.45) is 5.27. The molecule has 2 N–H and O–H groups in total. The van der Waals surface area contributed by atoms with Crippen LogP contribution in [0.3, 0.4) is 0 Å². The molecular weight excluding hydrogens is 499 g/mol. The van der Waals surface area contributed by atoms with Gasteiger partial charge in [0.15, 0.2) is 0 Å². The van der Waals surface area contributed by atoms with Crippen LogP contribution in [0.1, 0.15) is 20.8 Å². The van der Waals surface area contributed by atoms with E-state index < -0.39 is 0 Å². The zero-order chi connectivity index (χ0) is 26.1. The first-order valence-corrected chi connectivity index (χ1v) is 12.9. The van der Waals surface area contributed by atoms with Crippen molar-refractivity contribution < 1.29 is 9.18 Å². The lowest BCUT2D eigenvalue weighted by molar-refractivity contribution is 0.0951. The SMILES string of the molecule is Cn1cnc2cnc3ccc(-c4ccc(CNc5ncccc5C(=O)NCc5ccc(F)cc5)s4)cc3c21. The van der Waals surface area contributed by atoms with Crippen molar-refractivity contribution in [1.29, 1.82) is 0 Å². The fourth-order valence-corrected chi connectivity index (χ4v) is 5.34. The summed E-state index contributed by atoms with van der Waals surface area (Å²) in [5.41, 5.74) is 5.26. The van der Waals surface area contributed by atoms with Gasteiger partial charge in [0.1, 0.15) is 17.2 Å². The van der Waals surface area contributed by atoms with Crippen LogP contribution in [-0.2, 0) is 20.1 Å². The van der Waals surface area contributed by atoms with Crippen LogP contribution in [0.25, 0.3) is 32.4 Å². The lowest BCUT2D eigenvalue weighted by Gasteiger charge is -2.11. The van der Waals surface area contributed by atoms with Gasteiger partial charge in [-0.25, -0.2) is 14.4 Å². The van der Waals surface area contributed by atoms with Crippen LogP contribution in [0.4, 0.5) is 10.2 Å². The fraction of sp³-hybridized carbons (Fsp3) is 0.103. The number of carbonyl (C=O) groups is 1. The number of nitrogens with zero attached hydrogens (tertiary/aromatic N) is 4. The molecule has 6 aromatic rings. The summed E-state index contributed by atoms with van der Waals surface area (Å²) in [6.45, 7) is 0.829. The number of imidazole rings is 1. The monoisotopic (exact) mass is 522 g/mol. The number of fused-ring (bicyclic) bond motifs is 3. The zero-order valence-electron chi connectivity index (χ0n) is 20.5. The van der Waals surface area contributed by atoms with Crippen molar-refractivity contribution in [1.82, 2.24) is 24.8 Å². The average Bonchev–Trinajstić information content (AvgIpc) is 3.58. The van der Waals surface area contributed by atoms with Crippen molar-refractivity contribution in [3.63, 3.8) is 0 Å². The zero-order valence-corrected chi connectivity index (χ0v) is 21.3. The number of hydrogen-bond donors (Lipinski definition) is 2. The largest absolute Gasteiger partial charge is 0.365 e. The van der Waals surface area contributed by atoms with Gasteiger partial charge in [-0.15, -0.1) is 11.3 Å². The van der Waals surface area contributed by atoms with Crippen molar-refractivity contribution in [3.8, 4) is 10.4 Å². The molecule has 9 heteroatoms. The molecule has 1 amide bonds. The number of amides is 1. The molecule has 4 heterocycles. The third kappa shape index (κ3) is 4.71. The molecule has 0 aliphatic carbocycles. The van der Waals surface area contributed by atoms with Gasteiger partial charge in [-0.2, -0.15) is 0 Å². The van der Waals surface area contributed by atoms with Gasteiger partial charge in [0.05, 0.1) is 35.7 Å². The highest BCUT2D eigenvalue weighted by Crippen LogP contribution is 2.32. The molecule has 0 bridgehead atoms. The lowest BCUT2D eigenvalue weighted by Crippen LogP contribution is -2.24. The predicted molar refractivity (Wildman–Crippen MR) is 148 cm³/mol. The first-order chi connectivity index (χ1) is 18.5. The summed E-state index contributed by atoms with van der Waals surface area (Å²) in [5, 5.41) is 7.25. The Morgan fingerprint density at radius 1 is 0.974 bits per heavy atom. The highest BCUT2D eigenvalue weighted by molar-refractivity contribution is 7.15. The maximum Gasteiger partial charge on any atom is 0.255 e. The highest BCUT2D eigenvalue weighted by atomic mass is 32.1. The summed E-state index contributed by atoms with van der Waals surface area (Å²) >= 11 is 1.68. The van der Waals surface area contributed by atoms with E-state index in [0.29, 0.717) is 24.5 Å². The number of nitrogens with one attached hydrogen (secondary N) is 2. The standard InChI is InChI=1S/C29H23FN6OS/c1-36-17-35-25-16-32-24-10-6-19(13-23(24)27(25)36)26-11-9-21(38-26)15-33-28-22(3-2-12-31-28)29(37)34-14-18-4-7-20(30)8-5-18/h2-13,16-17H,14-15H2,1H3,(H,31,33)(H,34,37). The van der Waals surface area contributed by atoms with Gasteiger partial charge in [-0.3, -0.25) is 9.78 Å². The number of halogens is 1. The Labute approximate surface area is 222 Å². The fourth-order valence-electron chi connectivity index (χ4n) is 4.40. The molecule has 0 aliphatic heterocycles. The minimum absolute atomic E-state index is 0.247. The van der Waals surface area contributed by atoms with E-state index in [4.69, 9.17) is 0 Å². The average molecular weight is 523 g/mol. The number of carbonyl (C=O) groups excluding carboxylic acids is 1. The van der Waals surface area contributed by atoms with Crippen LogP contribution < -0.4 is 10.6 Å². The molecule has 0 saturated heterocycles. The van der Waals surface area contributed by atoms with E-state index in [1.165, 1.54) is 12.1 Å². The van der Waals surface area contributed by atoms with E-state index in [1.807, 2.05) is 24.0 Å². The maximum absolute atomic E-state index is 13.1. The second kappa shape index (κ2) is 10.0. The molecular formula is C29H23FN6OS. The van der Waals surface area contributed by atoms with Crippen LogP contribution in [-0.4, -0.2) is 25.4 Å². The van der Waals surface area contributed by atoms with Gasteiger partial charge in [-0.1, -0.05) is 18.2 Å². The van der Waals surface area contributed by atoms with Crippen molar-refractivity contribution in [2.45, 2.75) is 13.1 Å². The van der Waals surface area contributed by atoms with E-state index in [0.717, 1.165) is 42.8 Å². The molecule has 38 heavy (non-hydrogen) atoms. The molecule has 4 aromatic heterocycles. The Bertz CT molecular complexity index is 1780. The van der Waals surface area contributed by atoms with Gasteiger partial charge in [-0.05, 0) is 59.7 Å². The van der Waals surface area contributed by atoms with E-state index in [9.17, 15) is 9.18 Å². The number of benzene rings is 2. The van der Waals surface area contributed by atoms with Gasteiger partial charge in [0.25, 0.3) is 5.91 Å². The summed E-state index contributed by atoms with van der Waals surface area (Å²) < 4.78 is 15.2. The van der Waals surface area contributed by atoms with Crippen molar-refractivity contribution in [3.05, 3.63) is 107 Å². The Hall–Kier alpha value is -4.63. The topological polar surface area (TPSA) is 84.7 Å². The number of aryl methyl sites for hydroxylation is 1. The van der Waals surface area contributed by atoms with Crippen LogP contribution >= 0.6 is 11.3 Å². The second-order valence-electron chi connectivity index (χ2n) is 8.91. The number of aromatic nitrogens is 4. The molecule has 0 unspecified atom stereocenters. The molecule has 2 aromatic carbocycles. The van der Waals surface area contributed by atoms with Gasteiger partial charge in [0, 0.05) is 34.9 Å². The number of rotatable bonds is 7. The van der Waals surface area contributed by atoms with Crippen molar-refractivity contribution >= 4 is 45.0 Å². The van der Waals surface area contributed by atoms with E-state index in [-0.39, 0.29) is 11.7 Å². The van der Waals surface area contributed by atoms with Crippen LogP contribution in [0.5, 0.6) is 0 Å². The highest BCUT2D eigenvalue weighted by Gasteiger charge is 2.13.